The number of rotatable bonds is 5. The van der Waals surface area contributed by atoms with Crippen LogP contribution in [0.1, 0.15) is 44.1 Å². The first-order valence-electron chi connectivity index (χ1n) is 14.7. The molecule has 5 aliphatic rings. The summed E-state index contributed by atoms with van der Waals surface area (Å²) in [5, 5.41) is 13.9. The molecule has 13 heteroatoms. The van der Waals surface area contributed by atoms with Gasteiger partial charge < -0.3 is 20.7 Å². The van der Waals surface area contributed by atoms with Gasteiger partial charge in [0.05, 0.1) is 32.6 Å². The lowest BCUT2D eigenvalue weighted by atomic mass is 9.89. The molecule has 43 heavy (non-hydrogen) atoms. The third kappa shape index (κ3) is 4.08. The second kappa shape index (κ2) is 9.30. The molecule has 0 unspecified atom stereocenters. The van der Waals surface area contributed by atoms with Crippen LogP contribution in [0.4, 0.5) is 24.7 Å². The van der Waals surface area contributed by atoms with Crippen molar-refractivity contribution in [2.24, 2.45) is 5.41 Å². The molecule has 1 aliphatic carbocycles. The number of anilines is 2. The van der Waals surface area contributed by atoms with Crippen LogP contribution < -0.4 is 20.7 Å². The smallest absolute Gasteiger partial charge is 0.319 e. The van der Waals surface area contributed by atoms with Crippen LogP contribution in [0.3, 0.4) is 0 Å². The zero-order valence-electron chi connectivity index (χ0n) is 23.3. The fraction of sp³-hybridized carbons (Fsp3) is 0.533. The molecule has 4 saturated heterocycles. The maximum Gasteiger partial charge on any atom is 0.319 e. The van der Waals surface area contributed by atoms with Crippen molar-refractivity contribution in [2.75, 3.05) is 43.4 Å². The highest BCUT2D eigenvalue weighted by Crippen LogP contribution is 2.69. The summed E-state index contributed by atoms with van der Waals surface area (Å²) in [5.41, 5.74) is 4.62. The number of nitrogens with zero attached hydrogens (tertiary/aromatic N) is 6. The van der Waals surface area contributed by atoms with E-state index in [1.807, 2.05) is 6.07 Å². The second-order valence-corrected chi connectivity index (χ2v) is 13.3. The summed E-state index contributed by atoms with van der Waals surface area (Å²) >= 11 is 6.44. The highest BCUT2D eigenvalue weighted by molar-refractivity contribution is 6.33. The summed E-state index contributed by atoms with van der Waals surface area (Å²) in [6, 6.07) is 5.56. The third-order valence-corrected chi connectivity index (χ3v) is 10.6. The van der Waals surface area contributed by atoms with E-state index in [9.17, 15) is 14.0 Å². The lowest BCUT2D eigenvalue weighted by molar-refractivity contribution is 0.0647. The molecular weight excluding hydrogens is 581 g/mol. The SMILES string of the molecule is N#Cc1c(N)ccc(Cl)c1-c1ncc2c(N3C[C@H]4CC[C@@H](C3)N4)nc(OC[C@@]34CCCN3C[C@@]3(CC3(F)F)C4)nc2c1F. The van der Waals surface area contributed by atoms with E-state index in [2.05, 4.69) is 25.1 Å². The highest BCUT2D eigenvalue weighted by Gasteiger charge is 2.77. The summed E-state index contributed by atoms with van der Waals surface area (Å²) < 4.78 is 51.5. The number of halogens is 4. The Morgan fingerprint density at radius 3 is 2.67 bits per heavy atom. The molecule has 3 aromatic rings. The van der Waals surface area contributed by atoms with Gasteiger partial charge in [-0.25, -0.2) is 13.2 Å². The van der Waals surface area contributed by atoms with Crippen molar-refractivity contribution < 1.29 is 17.9 Å². The molecule has 1 saturated carbocycles. The minimum Gasteiger partial charge on any atom is -0.461 e. The van der Waals surface area contributed by atoms with Crippen LogP contribution >= 0.6 is 11.6 Å². The predicted octanol–water partition coefficient (Wildman–Crippen LogP) is 4.52. The largest absolute Gasteiger partial charge is 0.461 e. The van der Waals surface area contributed by atoms with Gasteiger partial charge in [-0.2, -0.15) is 15.2 Å². The maximum atomic E-state index is 16.5. The number of nitrogen functional groups attached to an aromatic ring is 1. The number of pyridine rings is 1. The molecule has 0 amide bonds. The first kappa shape index (κ1) is 27.2. The fourth-order valence-electron chi connectivity index (χ4n) is 8.07. The van der Waals surface area contributed by atoms with Crippen molar-refractivity contribution in [3.8, 4) is 23.3 Å². The summed E-state index contributed by atoms with van der Waals surface area (Å²) in [4.78, 5) is 17.9. The predicted molar refractivity (Wildman–Crippen MR) is 155 cm³/mol. The molecule has 5 fully saturated rings. The van der Waals surface area contributed by atoms with Gasteiger partial charge in [0.25, 0.3) is 5.92 Å². The number of nitrogens with one attached hydrogen (secondary N) is 1. The van der Waals surface area contributed by atoms with E-state index >= 15 is 4.39 Å². The Bertz CT molecular complexity index is 1710. The molecule has 4 aliphatic heterocycles. The van der Waals surface area contributed by atoms with Crippen LogP contribution in [0, 0.1) is 22.6 Å². The lowest BCUT2D eigenvalue weighted by Crippen LogP contribution is -2.51. The normalized spacial score (nSPS) is 30.6. The number of hydrogen-bond acceptors (Lipinski definition) is 9. The van der Waals surface area contributed by atoms with E-state index < -0.39 is 22.7 Å². The Labute approximate surface area is 251 Å². The van der Waals surface area contributed by atoms with Gasteiger partial charge >= 0.3 is 6.01 Å². The number of ether oxygens (including phenoxy) is 1. The number of piperazine rings is 1. The molecule has 8 rings (SSSR count). The topological polar surface area (TPSA) is 116 Å². The molecule has 6 heterocycles. The second-order valence-electron chi connectivity index (χ2n) is 12.9. The van der Waals surface area contributed by atoms with Gasteiger partial charge in [-0.3, -0.25) is 9.88 Å². The van der Waals surface area contributed by atoms with Crippen molar-refractivity contribution in [2.45, 2.75) is 62.1 Å². The number of fused-ring (bicyclic) bond motifs is 4. The number of aromatic nitrogens is 3. The monoisotopic (exact) mass is 610 g/mol. The van der Waals surface area contributed by atoms with Gasteiger partial charge in [-0.05, 0) is 50.8 Å². The van der Waals surface area contributed by atoms with Gasteiger partial charge in [-0.15, -0.1) is 0 Å². The molecule has 4 atom stereocenters. The Hall–Kier alpha value is -3.40. The van der Waals surface area contributed by atoms with Crippen LogP contribution in [0.5, 0.6) is 6.01 Å². The average Bonchev–Trinajstić information content (AvgIpc) is 3.31. The molecule has 2 bridgehead atoms. The van der Waals surface area contributed by atoms with Gasteiger partial charge in [0.1, 0.15) is 29.7 Å². The number of hydrogen-bond donors (Lipinski definition) is 2. The Balaban J connectivity index is 1.21. The zero-order valence-corrected chi connectivity index (χ0v) is 24.1. The van der Waals surface area contributed by atoms with Crippen molar-refractivity contribution in [3.05, 3.63) is 34.7 Å². The molecule has 3 N–H and O–H groups in total. The van der Waals surface area contributed by atoms with E-state index in [0.29, 0.717) is 37.3 Å². The van der Waals surface area contributed by atoms with Gasteiger partial charge in [0.2, 0.25) is 0 Å². The Morgan fingerprint density at radius 2 is 1.95 bits per heavy atom. The van der Waals surface area contributed by atoms with Crippen LogP contribution in [-0.2, 0) is 0 Å². The van der Waals surface area contributed by atoms with Gasteiger partial charge in [0, 0.05) is 49.9 Å². The van der Waals surface area contributed by atoms with Crippen LogP contribution in [0.25, 0.3) is 22.2 Å². The van der Waals surface area contributed by atoms with Crippen molar-refractivity contribution in [1.29, 1.82) is 5.26 Å². The van der Waals surface area contributed by atoms with Crippen LogP contribution in [-0.4, -0.2) is 76.2 Å². The zero-order chi connectivity index (χ0) is 29.7. The molecular formula is C30H30ClF3N8O. The van der Waals surface area contributed by atoms with Gasteiger partial charge in [-0.1, -0.05) is 11.6 Å². The summed E-state index contributed by atoms with van der Waals surface area (Å²) in [5.74, 6) is -2.91. The molecule has 9 nitrogen and oxygen atoms in total. The Morgan fingerprint density at radius 1 is 1.19 bits per heavy atom. The van der Waals surface area contributed by atoms with E-state index in [1.54, 1.807) is 0 Å². The maximum absolute atomic E-state index is 16.5. The fourth-order valence-corrected chi connectivity index (χ4v) is 8.31. The first-order valence-corrected chi connectivity index (χ1v) is 15.1. The molecule has 1 aromatic carbocycles. The standard InChI is InChI=1S/C30H30ClF3N8O/c31-20-4-5-21(36)18(8-35)22(20)25-23(32)24-19(9-37-25)26(41-10-16-2-3-17(11-41)38-16)40-27(39-24)43-15-29-6-1-7-42(29)14-28(12-29)13-30(28,33)34/h4-5,9,16-17,38H,1-3,6-7,10-15,36H2/t16-,17+,28-,29-/m0/s1. The minimum atomic E-state index is -2.64. The minimum absolute atomic E-state index is 0.0179. The summed E-state index contributed by atoms with van der Waals surface area (Å²) in [6.45, 7) is 2.62. The number of nitrogens with two attached hydrogens (primary N) is 1. The first-order chi connectivity index (χ1) is 20.6. The summed E-state index contributed by atoms with van der Waals surface area (Å²) in [6.07, 6.45) is 5.52. The van der Waals surface area contributed by atoms with E-state index in [4.69, 9.17) is 27.1 Å². The summed E-state index contributed by atoms with van der Waals surface area (Å²) in [7, 11) is 0. The van der Waals surface area contributed by atoms with E-state index in [0.717, 1.165) is 32.2 Å². The van der Waals surface area contributed by atoms with E-state index in [1.165, 1.54) is 18.3 Å². The van der Waals surface area contributed by atoms with E-state index in [-0.39, 0.29) is 64.2 Å². The molecule has 0 radical (unpaired) electrons. The van der Waals surface area contributed by atoms with Crippen molar-refractivity contribution >= 4 is 34.0 Å². The molecule has 2 aromatic heterocycles. The highest BCUT2D eigenvalue weighted by atomic mass is 35.5. The quantitative estimate of drug-likeness (QED) is 0.402. The number of alkyl halides is 2. The lowest BCUT2D eigenvalue weighted by Gasteiger charge is -2.34. The molecule has 224 valence electrons. The van der Waals surface area contributed by atoms with Crippen LogP contribution in [0.2, 0.25) is 5.02 Å². The number of nitriles is 1. The third-order valence-electron chi connectivity index (χ3n) is 10.3. The number of benzene rings is 1. The Kier molecular flexibility index (Phi) is 5.88. The van der Waals surface area contributed by atoms with Gasteiger partial charge in [0.15, 0.2) is 5.82 Å². The average molecular weight is 611 g/mol. The van der Waals surface area contributed by atoms with Crippen molar-refractivity contribution in [1.82, 2.24) is 25.2 Å². The molecule has 1 spiro atoms. The van der Waals surface area contributed by atoms with Crippen molar-refractivity contribution in [3.63, 3.8) is 0 Å². The van der Waals surface area contributed by atoms with Crippen LogP contribution in [0.15, 0.2) is 18.3 Å².